The Kier molecular flexibility index (Phi) is 3.79. The molecule has 0 atom stereocenters. The number of rotatable bonds is 4. The molecule has 0 aliphatic heterocycles. The van der Waals surface area contributed by atoms with Crippen molar-refractivity contribution in [3.8, 4) is 11.6 Å². The standard InChI is InChI=1S/C13H14N4O3/c1-8-4-5-11(10(6-8)17(18)19)20-12-7-9(2)15-13(14-3)16-12/h4-7H,1-3H3,(H,14,15,16). The molecular weight excluding hydrogens is 260 g/mol. The Hall–Kier alpha value is -2.70. The summed E-state index contributed by atoms with van der Waals surface area (Å²) in [5, 5.41) is 13.8. The molecule has 0 amide bonds. The van der Waals surface area contributed by atoms with Crippen molar-refractivity contribution in [3.05, 3.63) is 45.6 Å². The summed E-state index contributed by atoms with van der Waals surface area (Å²) in [5.74, 6) is 0.810. The van der Waals surface area contributed by atoms with E-state index < -0.39 is 4.92 Å². The maximum atomic E-state index is 11.0. The van der Waals surface area contributed by atoms with Crippen LogP contribution in [0.5, 0.6) is 11.6 Å². The van der Waals surface area contributed by atoms with E-state index in [0.717, 1.165) is 5.56 Å². The molecule has 2 rings (SSSR count). The third-order valence-corrected chi connectivity index (χ3v) is 2.58. The van der Waals surface area contributed by atoms with E-state index in [1.807, 2.05) is 0 Å². The molecular formula is C13H14N4O3. The Bertz CT molecular complexity index is 658. The lowest BCUT2D eigenvalue weighted by Gasteiger charge is -2.08. The summed E-state index contributed by atoms with van der Waals surface area (Å²) < 4.78 is 5.52. The fraction of sp³-hybridized carbons (Fsp3) is 0.231. The summed E-state index contributed by atoms with van der Waals surface area (Å²) in [7, 11) is 1.69. The van der Waals surface area contributed by atoms with E-state index in [1.165, 1.54) is 6.07 Å². The van der Waals surface area contributed by atoms with Crippen LogP contribution in [0.2, 0.25) is 0 Å². The van der Waals surface area contributed by atoms with Crippen LogP contribution < -0.4 is 10.1 Å². The molecule has 2 aromatic rings. The van der Waals surface area contributed by atoms with Gasteiger partial charge in [0.05, 0.1) is 4.92 Å². The first-order valence-corrected chi connectivity index (χ1v) is 5.96. The number of aromatic nitrogens is 2. The lowest BCUT2D eigenvalue weighted by atomic mass is 10.2. The quantitative estimate of drug-likeness (QED) is 0.681. The van der Waals surface area contributed by atoms with Gasteiger partial charge < -0.3 is 10.1 Å². The normalized spacial score (nSPS) is 10.2. The smallest absolute Gasteiger partial charge is 0.311 e. The molecule has 104 valence electrons. The summed E-state index contributed by atoms with van der Waals surface area (Å²) in [6.07, 6.45) is 0. The third kappa shape index (κ3) is 3.00. The van der Waals surface area contributed by atoms with Crippen molar-refractivity contribution < 1.29 is 9.66 Å². The van der Waals surface area contributed by atoms with Crippen LogP contribution in [0.4, 0.5) is 11.6 Å². The number of benzene rings is 1. The van der Waals surface area contributed by atoms with E-state index in [1.54, 1.807) is 39.1 Å². The van der Waals surface area contributed by atoms with Crippen molar-refractivity contribution in [2.75, 3.05) is 12.4 Å². The maximum absolute atomic E-state index is 11.0. The number of nitro groups is 1. The molecule has 0 aliphatic rings. The average molecular weight is 274 g/mol. The minimum absolute atomic E-state index is 0.0905. The number of hydrogen-bond acceptors (Lipinski definition) is 6. The van der Waals surface area contributed by atoms with Gasteiger partial charge in [-0.05, 0) is 25.5 Å². The zero-order valence-electron chi connectivity index (χ0n) is 11.4. The molecule has 1 aromatic carbocycles. The van der Waals surface area contributed by atoms with Crippen molar-refractivity contribution in [2.24, 2.45) is 0 Å². The Morgan fingerprint density at radius 2 is 2.00 bits per heavy atom. The van der Waals surface area contributed by atoms with E-state index in [0.29, 0.717) is 11.6 Å². The van der Waals surface area contributed by atoms with Gasteiger partial charge in [-0.15, -0.1) is 0 Å². The summed E-state index contributed by atoms with van der Waals surface area (Å²) in [4.78, 5) is 18.8. The lowest BCUT2D eigenvalue weighted by molar-refractivity contribution is -0.385. The highest BCUT2D eigenvalue weighted by Gasteiger charge is 2.16. The first kappa shape index (κ1) is 13.7. The molecule has 1 heterocycles. The van der Waals surface area contributed by atoms with Crippen molar-refractivity contribution in [3.63, 3.8) is 0 Å². The van der Waals surface area contributed by atoms with E-state index in [-0.39, 0.29) is 17.3 Å². The lowest BCUT2D eigenvalue weighted by Crippen LogP contribution is -2.01. The van der Waals surface area contributed by atoms with Crippen LogP contribution in [0.25, 0.3) is 0 Å². The predicted molar refractivity (Wildman–Crippen MR) is 74.2 cm³/mol. The molecule has 0 aliphatic carbocycles. The number of aryl methyl sites for hydroxylation is 2. The summed E-state index contributed by atoms with van der Waals surface area (Å²) in [5.41, 5.74) is 1.40. The highest BCUT2D eigenvalue weighted by molar-refractivity contribution is 5.50. The second-order valence-corrected chi connectivity index (χ2v) is 4.25. The molecule has 1 N–H and O–H groups in total. The number of ether oxygens (including phenoxy) is 1. The van der Waals surface area contributed by atoms with Gasteiger partial charge in [0, 0.05) is 24.9 Å². The predicted octanol–water partition coefficient (Wildman–Crippen LogP) is 2.84. The van der Waals surface area contributed by atoms with Gasteiger partial charge >= 0.3 is 5.69 Å². The molecule has 0 radical (unpaired) electrons. The molecule has 0 spiro atoms. The highest BCUT2D eigenvalue weighted by Crippen LogP contribution is 2.31. The molecule has 0 bridgehead atoms. The number of nitrogens with zero attached hydrogens (tertiary/aromatic N) is 3. The Morgan fingerprint density at radius 3 is 2.65 bits per heavy atom. The molecule has 20 heavy (non-hydrogen) atoms. The van der Waals surface area contributed by atoms with Gasteiger partial charge in [-0.25, -0.2) is 4.98 Å². The van der Waals surface area contributed by atoms with E-state index >= 15 is 0 Å². The summed E-state index contributed by atoms with van der Waals surface area (Å²) in [6.45, 7) is 3.57. The monoisotopic (exact) mass is 274 g/mol. The second kappa shape index (κ2) is 5.52. The van der Waals surface area contributed by atoms with Crippen LogP contribution in [0.1, 0.15) is 11.3 Å². The second-order valence-electron chi connectivity index (χ2n) is 4.25. The van der Waals surface area contributed by atoms with Gasteiger partial charge in [-0.1, -0.05) is 6.07 Å². The van der Waals surface area contributed by atoms with E-state index in [9.17, 15) is 10.1 Å². The molecule has 0 saturated carbocycles. The van der Waals surface area contributed by atoms with Gasteiger partial charge in [0.2, 0.25) is 17.6 Å². The topological polar surface area (TPSA) is 90.2 Å². The largest absolute Gasteiger partial charge is 0.432 e. The Morgan fingerprint density at radius 1 is 1.25 bits per heavy atom. The molecule has 0 saturated heterocycles. The van der Waals surface area contributed by atoms with Crippen LogP contribution in [0.3, 0.4) is 0 Å². The van der Waals surface area contributed by atoms with E-state index in [2.05, 4.69) is 15.3 Å². The molecule has 7 heteroatoms. The molecule has 1 aromatic heterocycles. The number of nitrogens with one attached hydrogen (secondary N) is 1. The highest BCUT2D eigenvalue weighted by atomic mass is 16.6. The summed E-state index contributed by atoms with van der Waals surface area (Å²) in [6, 6.07) is 6.38. The van der Waals surface area contributed by atoms with Gasteiger partial charge in [0.1, 0.15) is 0 Å². The third-order valence-electron chi connectivity index (χ3n) is 2.58. The maximum Gasteiger partial charge on any atom is 0.311 e. The van der Waals surface area contributed by atoms with Crippen molar-refractivity contribution >= 4 is 11.6 Å². The number of hydrogen-bond donors (Lipinski definition) is 1. The van der Waals surface area contributed by atoms with Crippen LogP contribution in [0, 0.1) is 24.0 Å². The van der Waals surface area contributed by atoms with E-state index in [4.69, 9.17) is 4.74 Å². The van der Waals surface area contributed by atoms with Crippen molar-refractivity contribution in [1.82, 2.24) is 9.97 Å². The van der Waals surface area contributed by atoms with Crippen LogP contribution in [-0.4, -0.2) is 21.9 Å². The van der Waals surface area contributed by atoms with Gasteiger partial charge in [-0.3, -0.25) is 10.1 Å². The minimum Gasteiger partial charge on any atom is -0.432 e. The van der Waals surface area contributed by atoms with Crippen LogP contribution in [0.15, 0.2) is 24.3 Å². The number of nitro benzene ring substituents is 1. The van der Waals surface area contributed by atoms with Gasteiger partial charge in [0.25, 0.3) is 0 Å². The van der Waals surface area contributed by atoms with Crippen LogP contribution >= 0.6 is 0 Å². The van der Waals surface area contributed by atoms with Crippen molar-refractivity contribution in [2.45, 2.75) is 13.8 Å². The van der Waals surface area contributed by atoms with Crippen LogP contribution in [-0.2, 0) is 0 Å². The first-order chi connectivity index (χ1) is 9.49. The zero-order chi connectivity index (χ0) is 14.7. The number of anilines is 1. The van der Waals surface area contributed by atoms with Crippen molar-refractivity contribution in [1.29, 1.82) is 0 Å². The van der Waals surface area contributed by atoms with Gasteiger partial charge in [-0.2, -0.15) is 4.98 Å². The first-order valence-electron chi connectivity index (χ1n) is 5.96. The molecule has 0 fully saturated rings. The molecule has 7 nitrogen and oxygen atoms in total. The minimum atomic E-state index is -0.477. The summed E-state index contributed by atoms with van der Waals surface area (Å²) >= 11 is 0. The fourth-order valence-corrected chi connectivity index (χ4v) is 1.67. The zero-order valence-corrected chi connectivity index (χ0v) is 11.4. The Labute approximate surface area is 115 Å². The SMILES string of the molecule is CNc1nc(C)cc(Oc2ccc(C)cc2[N+](=O)[O-])n1. The fourth-order valence-electron chi connectivity index (χ4n) is 1.67. The Balaban J connectivity index is 2.39. The average Bonchev–Trinajstić information content (AvgIpc) is 2.40. The molecule has 0 unspecified atom stereocenters. The van der Waals surface area contributed by atoms with Gasteiger partial charge in [0.15, 0.2) is 0 Å².